The molecule has 0 amide bonds. The maximum absolute atomic E-state index is 5.59. The first-order chi connectivity index (χ1) is 8.80. The molecule has 3 rings (SSSR count). The summed E-state index contributed by atoms with van der Waals surface area (Å²) in [6.07, 6.45) is 9.58. The van der Waals surface area contributed by atoms with Crippen LogP contribution >= 0.6 is 0 Å². The van der Waals surface area contributed by atoms with Gasteiger partial charge < -0.3 is 15.0 Å². The molecule has 0 aromatic carbocycles. The average molecular weight is 252 g/mol. The van der Waals surface area contributed by atoms with Crippen LogP contribution in [0.5, 0.6) is 0 Å². The largest absolute Gasteiger partial charge is 0.381 e. The highest BCUT2D eigenvalue weighted by Gasteiger charge is 2.45. The van der Waals surface area contributed by atoms with Crippen LogP contribution in [0.1, 0.15) is 44.9 Å². The molecule has 2 unspecified atom stereocenters. The molecule has 0 radical (unpaired) electrons. The van der Waals surface area contributed by atoms with E-state index in [9.17, 15) is 0 Å². The molecular weight excluding hydrogens is 224 g/mol. The van der Waals surface area contributed by atoms with Crippen LogP contribution in [0.4, 0.5) is 0 Å². The highest BCUT2D eigenvalue weighted by molar-refractivity contribution is 4.98. The van der Waals surface area contributed by atoms with Gasteiger partial charge in [-0.15, -0.1) is 0 Å². The van der Waals surface area contributed by atoms with Crippen LogP contribution in [-0.2, 0) is 4.74 Å². The number of hydrogen-bond donors (Lipinski definition) is 1. The first kappa shape index (κ1) is 12.9. The van der Waals surface area contributed by atoms with Crippen LogP contribution in [0.2, 0.25) is 0 Å². The normalized spacial score (nSPS) is 35.7. The first-order valence-corrected chi connectivity index (χ1v) is 7.82. The highest BCUT2D eigenvalue weighted by atomic mass is 16.5. The van der Waals surface area contributed by atoms with E-state index < -0.39 is 0 Å². The number of nitrogens with zero attached hydrogens (tertiary/aromatic N) is 1. The molecule has 1 aliphatic carbocycles. The molecule has 2 heterocycles. The third-order valence-electron chi connectivity index (χ3n) is 5.55. The number of nitrogens with one attached hydrogen (secondary N) is 1. The van der Waals surface area contributed by atoms with Crippen molar-refractivity contribution in [3.63, 3.8) is 0 Å². The van der Waals surface area contributed by atoms with Crippen molar-refractivity contribution in [1.82, 2.24) is 10.2 Å². The fourth-order valence-corrected chi connectivity index (χ4v) is 4.56. The van der Waals surface area contributed by atoms with Gasteiger partial charge in [0.25, 0.3) is 0 Å². The van der Waals surface area contributed by atoms with Gasteiger partial charge in [0.15, 0.2) is 0 Å². The van der Waals surface area contributed by atoms with Gasteiger partial charge in [0.2, 0.25) is 0 Å². The molecular formula is C15H28N2O. The van der Waals surface area contributed by atoms with Gasteiger partial charge in [0, 0.05) is 31.8 Å². The molecule has 3 heteroatoms. The summed E-state index contributed by atoms with van der Waals surface area (Å²) in [6.45, 7) is 4.45. The van der Waals surface area contributed by atoms with Crippen molar-refractivity contribution in [1.29, 1.82) is 0 Å². The second-order valence-electron chi connectivity index (χ2n) is 6.62. The smallest absolute Gasteiger partial charge is 0.0471 e. The van der Waals surface area contributed by atoms with Gasteiger partial charge in [0.05, 0.1) is 0 Å². The van der Waals surface area contributed by atoms with Crippen molar-refractivity contribution in [2.45, 2.75) is 57.0 Å². The van der Waals surface area contributed by atoms with Crippen molar-refractivity contribution in [3.05, 3.63) is 0 Å². The molecule has 0 bridgehead atoms. The number of rotatable bonds is 3. The molecule has 1 saturated carbocycles. The maximum atomic E-state index is 5.59. The molecule has 0 aromatic heterocycles. The Morgan fingerprint density at radius 1 is 1.17 bits per heavy atom. The fraction of sp³-hybridized carbons (Fsp3) is 1.00. The summed E-state index contributed by atoms with van der Waals surface area (Å²) in [4.78, 5) is 2.67. The predicted octanol–water partition coefficient (Wildman–Crippen LogP) is 2.02. The van der Waals surface area contributed by atoms with E-state index >= 15 is 0 Å². The SMILES string of the molecule is CN(CC1CCCN1)C1CCCC12CCOCC2. The Hall–Kier alpha value is -0.120. The van der Waals surface area contributed by atoms with Crippen LogP contribution in [0.3, 0.4) is 0 Å². The molecule has 3 aliphatic rings. The minimum atomic E-state index is 0.589. The fourth-order valence-electron chi connectivity index (χ4n) is 4.56. The van der Waals surface area contributed by atoms with Gasteiger partial charge in [-0.25, -0.2) is 0 Å². The van der Waals surface area contributed by atoms with Crippen LogP contribution < -0.4 is 5.32 Å². The van der Waals surface area contributed by atoms with Crippen molar-refractivity contribution in [3.8, 4) is 0 Å². The summed E-state index contributed by atoms with van der Waals surface area (Å²) < 4.78 is 5.59. The van der Waals surface area contributed by atoms with Gasteiger partial charge in [-0.2, -0.15) is 0 Å². The molecule has 3 nitrogen and oxygen atoms in total. The summed E-state index contributed by atoms with van der Waals surface area (Å²) in [7, 11) is 2.35. The number of hydrogen-bond acceptors (Lipinski definition) is 3. The third-order valence-corrected chi connectivity index (χ3v) is 5.55. The monoisotopic (exact) mass is 252 g/mol. The zero-order valence-electron chi connectivity index (χ0n) is 11.8. The Bertz CT molecular complexity index is 270. The Balaban J connectivity index is 1.62. The van der Waals surface area contributed by atoms with Gasteiger partial charge in [-0.3, -0.25) is 0 Å². The Kier molecular flexibility index (Phi) is 3.92. The lowest BCUT2D eigenvalue weighted by Gasteiger charge is -2.43. The Morgan fingerprint density at radius 3 is 2.72 bits per heavy atom. The lowest BCUT2D eigenvalue weighted by atomic mass is 9.75. The lowest BCUT2D eigenvalue weighted by molar-refractivity contribution is -0.0210. The topological polar surface area (TPSA) is 24.5 Å². The standard InChI is InChI=1S/C15H28N2O/c1-17(12-13-4-3-9-16-13)14-5-2-6-15(14)7-10-18-11-8-15/h13-14,16H,2-12H2,1H3. The summed E-state index contributed by atoms with van der Waals surface area (Å²) in [5, 5.41) is 3.64. The quantitative estimate of drug-likeness (QED) is 0.831. The molecule has 2 atom stereocenters. The maximum Gasteiger partial charge on any atom is 0.0471 e. The average Bonchev–Trinajstić information content (AvgIpc) is 3.00. The van der Waals surface area contributed by atoms with Gasteiger partial charge in [-0.1, -0.05) is 6.42 Å². The van der Waals surface area contributed by atoms with Crippen LogP contribution in [0, 0.1) is 5.41 Å². The van der Waals surface area contributed by atoms with E-state index in [1.165, 1.54) is 58.0 Å². The molecule has 1 spiro atoms. The van der Waals surface area contributed by atoms with Crippen molar-refractivity contribution in [2.75, 3.05) is 33.4 Å². The van der Waals surface area contributed by atoms with Crippen LogP contribution in [0.15, 0.2) is 0 Å². The number of likely N-dealkylation sites (N-methyl/N-ethyl adjacent to an activating group) is 1. The van der Waals surface area contributed by atoms with E-state index in [1.807, 2.05) is 0 Å². The van der Waals surface area contributed by atoms with Crippen molar-refractivity contribution < 1.29 is 4.74 Å². The van der Waals surface area contributed by atoms with E-state index in [4.69, 9.17) is 4.74 Å². The van der Waals surface area contributed by atoms with Gasteiger partial charge >= 0.3 is 0 Å². The predicted molar refractivity (Wildman–Crippen MR) is 73.8 cm³/mol. The van der Waals surface area contributed by atoms with E-state index in [0.29, 0.717) is 5.41 Å². The summed E-state index contributed by atoms with van der Waals surface area (Å²) in [5.74, 6) is 0. The molecule has 104 valence electrons. The summed E-state index contributed by atoms with van der Waals surface area (Å²) >= 11 is 0. The van der Waals surface area contributed by atoms with Crippen LogP contribution in [-0.4, -0.2) is 50.3 Å². The van der Waals surface area contributed by atoms with Crippen LogP contribution in [0.25, 0.3) is 0 Å². The molecule has 2 saturated heterocycles. The zero-order chi connectivity index (χ0) is 12.4. The minimum Gasteiger partial charge on any atom is -0.381 e. The van der Waals surface area contributed by atoms with E-state index in [1.54, 1.807) is 0 Å². The molecule has 2 aliphatic heterocycles. The van der Waals surface area contributed by atoms with Gasteiger partial charge in [-0.05, 0) is 57.5 Å². The van der Waals surface area contributed by atoms with Gasteiger partial charge in [0.1, 0.15) is 0 Å². The van der Waals surface area contributed by atoms with E-state index in [-0.39, 0.29) is 0 Å². The van der Waals surface area contributed by atoms with E-state index in [2.05, 4.69) is 17.3 Å². The minimum absolute atomic E-state index is 0.589. The molecule has 18 heavy (non-hydrogen) atoms. The summed E-state index contributed by atoms with van der Waals surface area (Å²) in [5.41, 5.74) is 0.589. The molecule has 1 N–H and O–H groups in total. The first-order valence-electron chi connectivity index (χ1n) is 7.82. The van der Waals surface area contributed by atoms with Crippen molar-refractivity contribution in [2.24, 2.45) is 5.41 Å². The van der Waals surface area contributed by atoms with Crippen molar-refractivity contribution >= 4 is 0 Å². The summed E-state index contributed by atoms with van der Waals surface area (Å²) in [6, 6.07) is 1.55. The lowest BCUT2D eigenvalue weighted by Crippen LogP contribution is -2.49. The number of ether oxygens (including phenoxy) is 1. The second-order valence-corrected chi connectivity index (χ2v) is 6.62. The zero-order valence-corrected chi connectivity index (χ0v) is 11.8. The highest BCUT2D eigenvalue weighted by Crippen LogP contribution is 2.48. The Morgan fingerprint density at radius 2 is 2.00 bits per heavy atom. The molecule has 0 aromatic rings. The molecule has 3 fully saturated rings. The third kappa shape index (κ3) is 2.45. The van der Waals surface area contributed by atoms with E-state index in [0.717, 1.165) is 25.3 Å². The Labute approximate surface area is 111 Å². The second kappa shape index (κ2) is 5.48.